The molecule has 0 spiro atoms. The Labute approximate surface area is 112 Å². The van der Waals surface area contributed by atoms with Crippen LogP contribution in [0.3, 0.4) is 0 Å². The minimum atomic E-state index is 0.102. The standard InChI is InChI=1S/C14H19N3O2/c1-2-19-14-5-3-4-13(8-14)15-9-12-10-16-17(11-12)6-7-18/h3-5,8,10-11,15,18H,2,6-7,9H2,1H3. The molecule has 1 heterocycles. The number of hydrogen-bond donors (Lipinski definition) is 2. The molecule has 1 aromatic carbocycles. The highest BCUT2D eigenvalue weighted by Gasteiger charge is 2.00. The zero-order valence-corrected chi connectivity index (χ0v) is 11.0. The fraction of sp³-hybridized carbons (Fsp3) is 0.357. The maximum absolute atomic E-state index is 8.83. The van der Waals surface area contributed by atoms with Gasteiger partial charge in [0.1, 0.15) is 5.75 Å². The highest BCUT2D eigenvalue weighted by molar-refractivity contribution is 5.48. The number of aliphatic hydroxyl groups excluding tert-OH is 1. The fourth-order valence-corrected chi connectivity index (χ4v) is 1.79. The molecule has 2 N–H and O–H groups in total. The Bertz CT molecular complexity index is 511. The third kappa shape index (κ3) is 3.99. The highest BCUT2D eigenvalue weighted by atomic mass is 16.5. The number of hydrogen-bond acceptors (Lipinski definition) is 4. The van der Waals surface area contributed by atoms with E-state index in [4.69, 9.17) is 9.84 Å². The average molecular weight is 261 g/mol. The Hall–Kier alpha value is -2.01. The van der Waals surface area contributed by atoms with Crippen molar-refractivity contribution in [3.63, 3.8) is 0 Å². The monoisotopic (exact) mass is 261 g/mol. The lowest BCUT2D eigenvalue weighted by Gasteiger charge is -2.07. The van der Waals surface area contributed by atoms with Crippen molar-refractivity contribution in [2.75, 3.05) is 18.5 Å². The second-order valence-electron chi connectivity index (χ2n) is 4.15. The molecular formula is C14H19N3O2. The zero-order valence-electron chi connectivity index (χ0n) is 11.0. The molecule has 2 aromatic rings. The minimum Gasteiger partial charge on any atom is -0.494 e. The van der Waals surface area contributed by atoms with Crippen LogP contribution in [0.5, 0.6) is 5.75 Å². The van der Waals surface area contributed by atoms with Gasteiger partial charge in [-0.05, 0) is 19.1 Å². The van der Waals surface area contributed by atoms with Crippen LogP contribution in [0.4, 0.5) is 5.69 Å². The van der Waals surface area contributed by atoms with Crippen LogP contribution in [0.15, 0.2) is 36.7 Å². The summed E-state index contributed by atoms with van der Waals surface area (Å²) in [5.74, 6) is 0.864. The van der Waals surface area contributed by atoms with Crippen LogP contribution in [0.25, 0.3) is 0 Å². The number of nitrogens with zero attached hydrogens (tertiary/aromatic N) is 2. The Morgan fingerprint density at radius 2 is 2.32 bits per heavy atom. The van der Waals surface area contributed by atoms with Crippen molar-refractivity contribution in [2.24, 2.45) is 0 Å². The van der Waals surface area contributed by atoms with Gasteiger partial charge in [-0.25, -0.2) is 0 Å². The fourth-order valence-electron chi connectivity index (χ4n) is 1.79. The largest absolute Gasteiger partial charge is 0.494 e. The second kappa shape index (κ2) is 6.80. The van der Waals surface area contributed by atoms with Gasteiger partial charge in [0.2, 0.25) is 0 Å². The van der Waals surface area contributed by atoms with Gasteiger partial charge in [-0.15, -0.1) is 0 Å². The molecule has 0 atom stereocenters. The van der Waals surface area contributed by atoms with Crippen molar-refractivity contribution in [1.29, 1.82) is 0 Å². The summed E-state index contributed by atoms with van der Waals surface area (Å²) in [6.07, 6.45) is 3.73. The number of aliphatic hydroxyl groups is 1. The molecule has 0 amide bonds. The molecule has 0 saturated carbocycles. The number of aromatic nitrogens is 2. The first-order valence-electron chi connectivity index (χ1n) is 6.40. The number of nitrogens with one attached hydrogen (secondary N) is 1. The number of anilines is 1. The Morgan fingerprint density at radius 3 is 3.11 bits per heavy atom. The maximum atomic E-state index is 8.83. The first kappa shape index (κ1) is 13.4. The summed E-state index contributed by atoms with van der Waals surface area (Å²) in [4.78, 5) is 0. The van der Waals surface area contributed by atoms with E-state index >= 15 is 0 Å². The van der Waals surface area contributed by atoms with E-state index in [0.717, 1.165) is 17.0 Å². The van der Waals surface area contributed by atoms with Crippen LogP contribution in [-0.4, -0.2) is 28.1 Å². The predicted octanol–water partition coefficient (Wildman–Crippen LogP) is 1.89. The summed E-state index contributed by atoms with van der Waals surface area (Å²) in [6.45, 7) is 3.96. The van der Waals surface area contributed by atoms with Crippen molar-refractivity contribution in [1.82, 2.24) is 9.78 Å². The van der Waals surface area contributed by atoms with Gasteiger partial charge in [0.05, 0.1) is 26.0 Å². The molecule has 19 heavy (non-hydrogen) atoms. The molecule has 0 unspecified atom stereocenters. The lowest BCUT2D eigenvalue weighted by atomic mass is 10.3. The van der Waals surface area contributed by atoms with Gasteiger partial charge in [0.25, 0.3) is 0 Å². The number of rotatable bonds is 7. The summed E-state index contributed by atoms with van der Waals surface area (Å²) in [6, 6.07) is 7.87. The van der Waals surface area contributed by atoms with Crippen LogP contribution in [0, 0.1) is 0 Å². The van der Waals surface area contributed by atoms with Gasteiger partial charge in [0.15, 0.2) is 0 Å². The SMILES string of the molecule is CCOc1cccc(NCc2cnn(CCO)c2)c1. The van der Waals surface area contributed by atoms with Crippen LogP contribution in [-0.2, 0) is 13.1 Å². The molecule has 0 radical (unpaired) electrons. The van der Waals surface area contributed by atoms with Crippen molar-refractivity contribution in [2.45, 2.75) is 20.0 Å². The summed E-state index contributed by atoms with van der Waals surface area (Å²) in [7, 11) is 0. The third-order valence-corrected chi connectivity index (χ3v) is 2.66. The molecule has 102 valence electrons. The van der Waals surface area contributed by atoms with E-state index < -0.39 is 0 Å². The first-order valence-corrected chi connectivity index (χ1v) is 6.40. The molecule has 0 aliphatic carbocycles. The van der Waals surface area contributed by atoms with E-state index in [0.29, 0.717) is 19.7 Å². The number of ether oxygens (including phenoxy) is 1. The van der Waals surface area contributed by atoms with Crippen molar-refractivity contribution in [3.05, 3.63) is 42.2 Å². The van der Waals surface area contributed by atoms with E-state index in [1.54, 1.807) is 10.9 Å². The van der Waals surface area contributed by atoms with Gasteiger partial charge in [0, 0.05) is 30.1 Å². The van der Waals surface area contributed by atoms with E-state index in [1.807, 2.05) is 37.4 Å². The Kier molecular flexibility index (Phi) is 4.80. The van der Waals surface area contributed by atoms with Gasteiger partial charge in [-0.3, -0.25) is 4.68 Å². The number of benzene rings is 1. The van der Waals surface area contributed by atoms with Crippen molar-refractivity contribution < 1.29 is 9.84 Å². The van der Waals surface area contributed by atoms with Crippen molar-refractivity contribution >= 4 is 5.69 Å². The van der Waals surface area contributed by atoms with Crippen LogP contribution < -0.4 is 10.1 Å². The Morgan fingerprint density at radius 1 is 1.42 bits per heavy atom. The summed E-state index contributed by atoms with van der Waals surface area (Å²) in [5.41, 5.74) is 2.09. The van der Waals surface area contributed by atoms with E-state index in [2.05, 4.69) is 10.4 Å². The highest BCUT2D eigenvalue weighted by Crippen LogP contribution is 2.17. The lowest BCUT2D eigenvalue weighted by molar-refractivity contribution is 0.269. The molecule has 0 saturated heterocycles. The zero-order chi connectivity index (χ0) is 13.5. The lowest BCUT2D eigenvalue weighted by Crippen LogP contribution is -2.02. The smallest absolute Gasteiger partial charge is 0.121 e. The van der Waals surface area contributed by atoms with E-state index in [-0.39, 0.29) is 6.61 Å². The van der Waals surface area contributed by atoms with Gasteiger partial charge >= 0.3 is 0 Å². The molecule has 5 nitrogen and oxygen atoms in total. The van der Waals surface area contributed by atoms with Crippen molar-refractivity contribution in [3.8, 4) is 5.75 Å². The molecule has 1 aromatic heterocycles. The minimum absolute atomic E-state index is 0.102. The predicted molar refractivity (Wildman–Crippen MR) is 74.3 cm³/mol. The van der Waals surface area contributed by atoms with Gasteiger partial charge < -0.3 is 15.2 Å². The summed E-state index contributed by atoms with van der Waals surface area (Å²) in [5, 5.41) is 16.3. The summed E-state index contributed by atoms with van der Waals surface area (Å²) < 4.78 is 7.18. The average Bonchev–Trinajstić information content (AvgIpc) is 2.86. The van der Waals surface area contributed by atoms with E-state index in [1.165, 1.54) is 0 Å². The molecule has 2 rings (SSSR count). The van der Waals surface area contributed by atoms with Gasteiger partial charge in [-0.2, -0.15) is 5.10 Å². The third-order valence-electron chi connectivity index (χ3n) is 2.66. The second-order valence-corrected chi connectivity index (χ2v) is 4.15. The van der Waals surface area contributed by atoms with Crippen LogP contribution >= 0.6 is 0 Å². The molecular weight excluding hydrogens is 242 g/mol. The van der Waals surface area contributed by atoms with E-state index in [9.17, 15) is 0 Å². The molecule has 0 bridgehead atoms. The molecule has 0 aliphatic heterocycles. The topological polar surface area (TPSA) is 59.3 Å². The first-order chi connectivity index (χ1) is 9.31. The molecule has 5 heteroatoms. The normalized spacial score (nSPS) is 10.4. The molecule has 0 aliphatic rings. The quantitative estimate of drug-likeness (QED) is 0.799. The molecule has 0 fully saturated rings. The Balaban J connectivity index is 1.91. The maximum Gasteiger partial charge on any atom is 0.121 e. The van der Waals surface area contributed by atoms with Crippen LogP contribution in [0.2, 0.25) is 0 Å². The van der Waals surface area contributed by atoms with Gasteiger partial charge in [-0.1, -0.05) is 6.07 Å². The van der Waals surface area contributed by atoms with Crippen LogP contribution in [0.1, 0.15) is 12.5 Å². The summed E-state index contributed by atoms with van der Waals surface area (Å²) >= 11 is 0.